The fourth-order valence-corrected chi connectivity index (χ4v) is 3.17. The van der Waals surface area contributed by atoms with E-state index in [1.165, 1.54) is 34.9 Å². The van der Waals surface area contributed by atoms with Crippen molar-refractivity contribution in [3.8, 4) is 5.69 Å². The average Bonchev–Trinajstić information content (AvgIpc) is 2.67. The van der Waals surface area contributed by atoms with Crippen LogP contribution in [0, 0.1) is 5.82 Å². The Kier molecular flexibility index (Phi) is 5.65. The van der Waals surface area contributed by atoms with E-state index in [9.17, 15) is 18.8 Å². The van der Waals surface area contributed by atoms with Crippen LogP contribution in [-0.4, -0.2) is 21.6 Å². The summed E-state index contributed by atoms with van der Waals surface area (Å²) in [6.45, 7) is 3.96. The van der Waals surface area contributed by atoms with Gasteiger partial charge in [-0.25, -0.2) is 13.8 Å². The lowest BCUT2D eigenvalue weighted by molar-refractivity contribution is -0.123. The number of nitrogens with zero attached hydrogens (tertiary/aromatic N) is 2. The van der Waals surface area contributed by atoms with E-state index < -0.39 is 23.1 Å². The van der Waals surface area contributed by atoms with E-state index in [0.29, 0.717) is 11.6 Å². The molecule has 1 N–H and O–H groups in total. The summed E-state index contributed by atoms with van der Waals surface area (Å²) in [5.41, 5.74) is -0.797. The molecule has 1 aromatic heterocycles. The second-order valence-corrected chi connectivity index (χ2v) is 6.83. The molecule has 0 bridgehead atoms. The molecule has 1 heterocycles. The maximum Gasteiger partial charge on any atom is 0.336 e. The number of hydrogen-bond donors (Lipinski definition) is 1. The van der Waals surface area contributed by atoms with Gasteiger partial charge in [0.1, 0.15) is 11.9 Å². The Morgan fingerprint density at radius 2 is 1.86 bits per heavy atom. The molecule has 0 spiro atoms. The number of rotatable bonds is 5. The molecule has 0 radical (unpaired) electrons. The minimum absolute atomic E-state index is 0.211. The first-order valence-electron chi connectivity index (χ1n) is 8.85. The van der Waals surface area contributed by atoms with Gasteiger partial charge in [-0.3, -0.25) is 14.2 Å². The topological polar surface area (TPSA) is 73.1 Å². The fourth-order valence-electron chi connectivity index (χ4n) is 3.01. The second-order valence-electron chi connectivity index (χ2n) is 6.40. The fraction of sp³-hybridized carbons (Fsp3) is 0.250. The van der Waals surface area contributed by atoms with Gasteiger partial charge < -0.3 is 5.32 Å². The highest BCUT2D eigenvalue weighted by molar-refractivity contribution is 6.31. The summed E-state index contributed by atoms with van der Waals surface area (Å²) < 4.78 is 15.5. The first-order chi connectivity index (χ1) is 13.3. The number of halogens is 2. The van der Waals surface area contributed by atoms with Gasteiger partial charge in [0.25, 0.3) is 5.56 Å². The van der Waals surface area contributed by atoms with E-state index in [-0.39, 0.29) is 22.5 Å². The summed E-state index contributed by atoms with van der Waals surface area (Å²) in [7, 11) is 0. The Labute approximate surface area is 165 Å². The average molecular weight is 404 g/mol. The molecule has 146 valence electrons. The molecule has 0 aliphatic carbocycles. The molecule has 3 aromatic rings. The van der Waals surface area contributed by atoms with Crippen LogP contribution in [0.1, 0.15) is 26.3 Å². The van der Waals surface area contributed by atoms with Gasteiger partial charge in [-0.05, 0) is 55.8 Å². The van der Waals surface area contributed by atoms with Crippen LogP contribution in [0.4, 0.5) is 4.39 Å². The van der Waals surface area contributed by atoms with Crippen LogP contribution < -0.4 is 16.6 Å². The van der Waals surface area contributed by atoms with Crippen LogP contribution in [0.2, 0.25) is 5.02 Å². The number of carbonyl (C=O) groups excluding carboxylic acids is 1. The van der Waals surface area contributed by atoms with Crippen molar-refractivity contribution in [3.05, 3.63) is 74.1 Å². The van der Waals surface area contributed by atoms with E-state index in [1.54, 1.807) is 6.92 Å². The highest BCUT2D eigenvalue weighted by atomic mass is 35.5. The van der Waals surface area contributed by atoms with Gasteiger partial charge in [0.15, 0.2) is 0 Å². The van der Waals surface area contributed by atoms with Crippen LogP contribution in [0.25, 0.3) is 16.6 Å². The van der Waals surface area contributed by atoms with Crippen LogP contribution in [-0.2, 0) is 4.79 Å². The normalized spacial score (nSPS) is 12.1. The largest absolute Gasteiger partial charge is 0.354 e. The number of amides is 1. The van der Waals surface area contributed by atoms with Gasteiger partial charge >= 0.3 is 5.69 Å². The standard InChI is InChI=1S/C20H19ClFN3O3/c1-3-10-23-18(26)12(2)24-17-11-13(21)4-9-16(17)19(27)25(20(24)28)15-7-5-14(22)6-8-15/h4-9,11-12H,3,10H2,1-2H3,(H,23,26). The van der Waals surface area contributed by atoms with Crippen molar-refractivity contribution in [1.29, 1.82) is 0 Å². The van der Waals surface area contributed by atoms with Gasteiger partial charge in [-0.15, -0.1) is 0 Å². The Bertz CT molecular complexity index is 1150. The predicted octanol–water partition coefficient (Wildman–Crippen LogP) is 3.03. The molecule has 1 unspecified atom stereocenters. The first kappa shape index (κ1) is 19.8. The third-order valence-electron chi connectivity index (χ3n) is 4.45. The summed E-state index contributed by atoms with van der Waals surface area (Å²) in [6.07, 6.45) is 0.745. The van der Waals surface area contributed by atoms with Gasteiger partial charge in [-0.1, -0.05) is 18.5 Å². The van der Waals surface area contributed by atoms with Gasteiger partial charge in [0, 0.05) is 11.6 Å². The van der Waals surface area contributed by atoms with E-state index in [2.05, 4.69) is 5.32 Å². The molecule has 1 atom stereocenters. The summed E-state index contributed by atoms with van der Waals surface area (Å²) in [4.78, 5) is 38.7. The first-order valence-corrected chi connectivity index (χ1v) is 9.23. The maximum atomic E-state index is 13.3. The van der Waals surface area contributed by atoms with Crippen molar-refractivity contribution in [3.63, 3.8) is 0 Å². The summed E-state index contributed by atoms with van der Waals surface area (Å²) >= 11 is 6.07. The van der Waals surface area contributed by atoms with Crippen LogP contribution in [0.5, 0.6) is 0 Å². The van der Waals surface area contributed by atoms with E-state index in [1.807, 2.05) is 6.92 Å². The van der Waals surface area contributed by atoms with E-state index in [4.69, 9.17) is 11.6 Å². The molecule has 2 aromatic carbocycles. The van der Waals surface area contributed by atoms with Crippen molar-refractivity contribution in [2.75, 3.05) is 6.54 Å². The molecule has 0 aliphatic heterocycles. The third kappa shape index (κ3) is 3.57. The number of aromatic nitrogens is 2. The molecule has 8 heteroatoms. The molecule has 6 nitrogen and oxygen atoms in total. The lowest BCUT2D eigenvalue weighted by atomic mass is 10.2. The van der Waals surface area contributed by atoms with Crippen LogP contribution in [0.15, 0.2) is 52.1 Å². The molecule has 3 rings (SSSR count). The molecule has 0 aliphatic rings. The molecule has 1 amide bonds. The second kappa shape index (κ2) is 7.98. The number of fused-ring (bicyclic) bond motifs is 1. The zero-order valence-electron chi connectivity index (χ0n) is 15.4. The number of benzene rings is 2. The monoisotopic (exact) mass is 403 g/mol. The smallest absolute Gasteiger partial charge is 0.336 e. The lowest BCUT2D eigenvalue weighted by Crippen LogP contribution is -2.43. The molecular formula is C20H19ClFN3O3. The zero-order valence-corrected chi connectivity index (χ0v) is 16.2. The highest BCUT2D eigenvalue weighted by Crippen LogP contribution is 2.19. The zero-order chi connectivity index (χ0) is 20.4. The molecule has 0 saturated heterocycles. The van der Waals surface area contributed by atoms with Crippen molar-refractivity contribution in [2.24, 2.45) is 0 Å². The molecule has 0 fully saturated rings. The van der Waals surface area contributed by atoms with Crippen molar-refractivity contribution in [2.45, 2.75) is 26.3 Å². The van der Waals surface area contributed by atoms with Crippen molar-refractivity contribution in [1.82, 2.24) is 14.5 Å². The summed E-state index contributed by atoms with van der Waals surface area (Å²) in [5, 5.41) is 3.31. The van der Waals surface area contributed by atoms with Crippen molar-refractivity contribution < 1.29 is 9.18 Å². The predicted molar refractivity (Wildman–Crippen MR) is 107 cm³/mol. The SMILES string of the molecule is CCCNC(=O)C(C)n1c(=O)n(-c2ccc(F)cc2)c(=O)c2ccc(Cl)cc21. The van der Waals surface area contributed by atoms with Gasteiger partial charge in [0.2, 0.25) is 5.91 Å². The summed E-state index contributed by atoms with van der Waals surface area (Å²) in [5.74, 6) is -0.841. The van der Waals surface area contributed by atoms with E-state index in [0.717, 1.165) is 23.1 Å². The molecular weight excluding hydrogens is 385 g/mol. The number of nitrogens with one attached hydrogen (secondary N) is 1. The molecule has 28 heavy (non-hydrogen) atoms. The third-order valence-corrected chi connectivity index (χ3v) is 4.69. The highest BCUT2D eigenvalue weighted by Gasteiger charge is 2.22. The van der Waals surface area contributed by atoms with Crippen LogP contribution >= 0.6 is 11.6 Å². The molecule has 0 saturated carbocycles. The summed E-state index contributed by atoms with van der Waals surface area (Å²) in [6, 6.07) is 8.65. The quantitative estimate of drug-likeness (QED) is 0.711. The minimum Gasteiger partial charge on any atom is -0.354 e. The minimum atomic E-state index is -0.882. The number of hydrogen-bond acceptors (Lipinski definition) is 3. The number of carbonyl (C=O) groups is 1. The van der Waals surface area contributed by atoms with Crippen molar-refractivity contribution >= 4 is 28.4 Å². The maximum absolute atomic E-state index is 13.3. The lowest BCUT2D eigenvalue weighted by Gasteiger charge is -2.19. The van der Waals surface area contributed by atoms with Crippen LogP contribution in [0.3, 0.4) is 0 Å². The Morgan fingerprint density at radius 1 is 1.18 bits per heavy atom. The van der Waals surface area contributed by atoms with Gasteiger partial charge in [-0.2, -0.15) is 0 Å². The Hall–Kier alpha value is -2.93. The van der Waals surface area contributed by atoms with Gasteiger partial charge in [0.05, 0.1) is 16.6 Å². The Balaban J connectivity index is 2.33. The Morgan fingerprint density at radius 3 is 2.50 bits per heavy atom. The van der Waals surface area contributed by atoms with E-state index >= 15 is 0 Å².